The van der Waals surface area contributed by atoms with Crippen LogP contribution in [0.1, 0.15) is 31.4 Å². The number of nitrogens with one attached hydrogen (secondary N) is 1. The first-order valence-corrected chi connectivity index (χ1v) is 6.63. The van der Waals surface area contributed by atoms with Crippen LogP contribution in [0.5, 0.6) is 0 Å². The summed E-state index contributed by atoms with van der Waals surface area (Å²) in [5.41, 5.74) is 1.22. The van der Waals surface area contributed by atoms with E-state index in [-0.39, 0.29) is 6.10 Å². The number of hydrogen-bond acceptors (Lipinski definition) is 4. The lowest BCUT2D eigenvalue weighted by atomic mass is 9.82. The summed E-state index contributed by atoms with van der Waals surface area (Å²) in [6.07, 6.45) is 3.61. The van der Waals surface area contributed by atoms with Crippen LogP contribution in [0.25, 0.3) is 0 Å². The molecule has 1 aliphatic carbocycles. The number of aromatic nitrogens is 1. The molecule has 4 nitrogen and oxygen atoms in total. The Morgan fingerprint density at radius 2 is 2.28 bits per heavy atom. The average molecular weight is 249 g/mol. The van der Waals surface area contributed by atoms with Gasteiger partial charge in [0.2, 0.25) is 0 Å². The first kappa shape index (κ1) is 13.3. The monoisotopic (exact) mass is 249 g/mol. The molecule has 0 saturated heterocycles. The van der Waals surface area contributed by atoms with E-state index in [1.54, 1.807) is 0 Å². The number of pyridine rings is 1. The third-order valence-electron chi connectivity index (χ3n) is 3.82. The zero-order valence-corrected chi connectivity index (χ0v) is 11.4. The van der Waals surface area contributed by atoms with Crippen molar-refractivity contribution in [1.29, 1.82) is 0 Å². The van der Waals surface area contributed by atoms with Crippen molar-refractivity contribution in [3.05, 3.63) is 23.9 Å². The van der Waals surface area contributed by atoms with Crippen LogP contribution in [0.4, 0.5) is 5.82 Å². The molecule has 0 amide bonds. The fourth-order valence-corrected chi connectivity index (χ4v) is 2.55. The maximum atomic E-state index is 9.34. The highest BCUT2D eigenvalue weighted by Gasteiger charge is 2.28. The standard InChI is InChI=1S/C14H23N3O/c1-10(15-2)13-5-4-6-16-14(13)17(3)9-11-7-12(18)8-11/h4-6,10-12,15,18H,7-9H2,1-3H3. The molecule has 1 unspecified atom stereocenters. The minimum atomic E-state index is -0.0807. The lowest BCUT2D eigenvalue weighted by molar-refractivity contribution is 0.0464. The van der Waals surface area contributed by atoms with Crippen molar-refractivity contribution >= 4 is 5.82 Å². The fourth-order valence-electron chi connectivity index (χ4n) is 2.55. The molecule has 1 aromatic heterocycles. The number of rotatable bonds is 5. The van der Waals surface area contributed by atoms with Crippen molar-refractivity contribution in [3.8, 4) is 0 Å². The highest BCUT2D eigenvalue weighted by atomic mass is 16.3. The summed E-state index contributed by atoms with van der Waals surface area (Å²) in [4.78, 5) is 6.71. The predicted octanol–water partition coefficient (Wildman–Crippen LogP) is 1.57. The van der Waals surface area contributed by atoms with Gasteiger partial charge in [0, 0.05) is 31.4 Å². The molecule has 4 heteroatoms. The van der Waals surface area contributed by atoms with Gasteiger partial charge in [-0.05, 0) is 38.8 Å². The summed E-state index contributed by atoms with van der Waals surface area (Å²) in [5.74, 6) is 1.64. The molecule has 1 aromatic rings. The van der Waals surface area contributed by atoms with E-state index >= 15 is 0 Å². The second kappa shape index (κ2) is 5.67. The van der Waals surface area contributed by atoms with E-state index in [0.717, 1.165) is 25.2 Å². The Hall–Kier alpha value is -1.13. The van der Waals surface area contributed by atoms with Crippen LogP contribution in [-0.4, -0.2) is 36.8 Å². The van der Waals surface area contributed by atoms with Crippen LogP contribution >= 0.6 is 0 Å². The van der Waals surface area contributed by atoms with Crippen LogP contribution < -0.4 is 10.2 Å². The number of hydrogen-bond donors (Lipinski definition) is 2. The highest BCUT2D eigenvalue weighted by molar-refractivity contribution is 5.47. The van der Waals surface area contributed by atoms with E-state index < -0.39 is 0 Å². The summed E-state index contributed by atoms with van der Waals surface area (Å²) < 4.78 is 0. The quantitative estimate of drug-likeness (QED) is 0.831. The molecule has 0 bridgehead atoms. The largest absolute Gasteiger partial charge is 0.393 e. The first-order chi connectivity index (χ1) is 8.61. The van der Waals surface area contributed by atoms with E-state index in [0.29, 0.717) is 12.0 Å². The van der Waals surface area contributed by atoms with Crippen LogP contribution in [-0.2, 0) is 0 Å². The zero-order valence-electron chi connectivity index (χ0n) is 11.4. The minimum absolute atomic E-state index is 0.0807. The van der Waals surface area contributed by atoms with Crippen molar-refractivity contribution in [2.45, 2.75) is 31.9 Å². The van der Waals surface area contributed by atoms with Gasteiger partial charge >= 0.3 is 0 Å². The second-order valence-electron chi connectivity index (χ2n) is 5.30. The Bertz CT molecular complexity index is 390. The van der Waals surface area contributed by atoms with Crippen molar-refractivity contribution in [3.63, 3.8) is 0 Å². The maximum Gasteiger partial charge on any atom is 0.133 e. The molecular formula is C14H23N3O. The van der Waals surface area contributed by atoms with Gasteiger partial charge in [0.15, 0.2) is 0 Å². The van der Waals surface area contributed by atoms with Crippen molar-refractivity contribution in [2.75, 3.05) is 25.5 Å². The van der Waals surface area contributed by atoms with Gasteiger partial charge in [0.05, 0.1) is 6.10 Å². The van der Waals surface area contributed by atoms with Crippen molar-refractivity contribution in [1.82, 2.24) is 10.3 Å². The summed E-state index contributed by atoms with van der Waals surface area (Å²) >= 11 is 0. The van der Waals surface area contributed by atoms with E-state index in [1.165, 1.54) is 5.56 Å². The molecule has 2 N–H and O–H groups in total. The molecule has 18 heavy (non-hydrogen) atoms. The van der Waals surface area contributed by atoms with Gasteiger partial charge in [-0.3, -0.25) is 0 Å². The van der Waals surface area contributed by atoms with E-state index in [4.69, 9.17) is 0 Å². The molecule has 1 atom stereocenters. The molecule has 1 saturated carbocycles. The third kappa shape index (κ3) is 2.82. The highest BCUT2D eigenvalue weighted by Crippen LogP contribution is 2.30. The van der Waals surface area contributed by atoms with Crippen molar-refractivity contribution < 1.29 is 5.11 Å². The van der Waals surface area contributed by atoms with Gasteiger partial charge in [-0.15, -0.1) is 0 Å². The fraction of sp³-hybridized carbons (Fsp3) is 0.643. The summed E-state index contributed by atoms with van der Waals surface area (Å²) in [7, 11) is 4.04. The molecule has 2 rings (SSSR count). The molecular weight excluding hydrogens is 226 g/mol. The minimum Gasteiger partial charge on any atom is -0.393 e. The van der Waals surface area contributed by atoms with Crippen LogP contribution in [0.15, 0.2) is 18.3 Å². The average Bonchev–Trinajstić information content (AvgIpc) is 2.36. The number of aliphatic hydroxyl groups excluding tert-OH is 1. The predicted molar refractivity (Wildman–Crippen MR) is 73.7 cm³/mol. The zero-order chi connectivity index (χ0) is 13.1. The Morgan fingerprint density at radius 1 is 1.56 bits per heavy atom. The van der Waals surface area contributed by atoms with E-state index in [1.807, 2.05) is 19.3 Å². The van der Waals surface area contributed by atoms with Gasteiger partial charge in [0.1, 0.15) is 5.82 Å². The Labute approximate surface area is 109 Å². The lowest BCUT2D eigenvalue weighted by Gasteiger charge is -2.35. The van der Waals surface area contributed by atoms with E-state index in [9.17, 15) is 5.11 Å². The number of aliphatic hydroxyl groups is 1. The van der Waals surface area contributed by atoms with Crippen LogP contribution in [0.2, 0.25) is 0 Å². The third-order valence-corrected chi connectivity index (χ3v) is 3.82. The van der Waals surface area contributed by atoms with Crippen LogP contribution in [0, 0.1) is 5.92 Å². The van der Waals surface area contributed by atoms with Gasteiger partial charge in [-0.2, -0.15) is 0 Å². The molecule has 100 valence electrons. The molecule has 0 aliphatic heterocycles. The molecule has 1 aliphatic rings. The number of nitrogens with zero attached hydrogens (tertiary/aromatic N) is 2. The van der Waals surface area contributed by atoms with E-state index in [2.05, 4.69) is 35.2 Å². The molecule has 0 aromatic carbocycles. The SMILES string of the molecule is CNC(C)c1cccnc1N(C)CC1CC(O)C1. The van der Waals surface area contributed by atoms with Gasteiger partial charge < -0.3 is 15.3 Å². The normalized spacial score (nSPS) is 24.4. The second-order valence-corrected chi connectivity index (χ2v) is 5.30. The molecule has 0 spiro atoms. The Balaban J connectivity index is 2.06. The Morgan fingerprint density at radius 3 is 2.89 bits per heavy atom. The topological polar surface area (TPSA) is 48.4 Å². The number of anilines is 1. The summed E-state index contributed by atoms with van der Waals surface area (Å²) in [5, 5.41) is 12.6. The lowest BCUT2D eigenvalue weighted by Crippen LogP contribution is -2.37. The van der Waals surface area contributed by atoms with Gasteiger partial charge in [0.25, 0.3) is 0 Å². The first-order valence-electron chi connectivity index (χ1n) is 6.63. The smallest absolute Gasteiger partial charge is 0.133 e. The molecule has 0 radical (unpaired) electrons. The van der Waals surface area contributed by atoms with Crippen molar-refractivity contribution in [2.24, 2.45) is 5.92 Å². The maximum absolute atomic E-state index is 9.34. The Kier molecular flexibility index (Phi) is 4.19. The molecule has 1 heterocycles. The van der Waals surface area contributed by atoms with Gasteiger partial charge in [-0.25, -0.2) is 4.98 Å². The summed E-state index contributed by atoms with van der Waals surface area (Å²) in [6.45, 7) is 3.11. The molecule has 1 fully saturated rings. The summed E-state index contributed by atoms with van der Waals surface area (Å²) in [6, 6.07) is 4.39. The van der Waals surface area contributed by atoms with Gasteiger partial charge in [-0.1, -0.05) is 6.07 Å². The van der Waals surface area contributed by atoms with Crippen LogP contribution in [0.3, 0.4) is 0 Å².